The number of nitrogens with zero attached hydrogens (tertiary/aromatic N) is 1. The molecule has 0 bridgehead atoms. The molecule has 104 valence electrons. The van der Waals surface area contributed by atoms with Crippen LogP contribution in [0.2, 0.25) is 0 Å². The molecule has 0 fully saturated rings. The fraction of sp³-hybridized carbons (Fsp3) is 1.00. The van der Waals surface area contributed by atoms with Gasteiger partial charge in [0, 0.05) is 39.4 Å². The molecule has 0 aromatic carbocycles. The van der Waals surface area contributed by atoms with E-state index in [1.54, 1.807) is 14.2 Å². The van der Waals surface area contributed by atoms with E-state index in [-0.39, 0.29) is 0 Å². The molecule has 4 heteroatoms. The van der Waals surface area contributed by atoms with Gasteiger partial charge in [-0.1, -0.05) is 6.92 Å². The van der Waals surface area contributed by atoms with Crippen molar-refractivity contribution in [3.8, 4) is 0 Å². The molecule has 2 unspecified atom stereocenters. The fourth-order valence-corrected chi connectivity index (χ4v) is 1.79. The van der Waals surface area contributed by atoms with Crippen molar-refractivity contribution >= 4 is 0 Å². The van der Waals surface area contributed by atoms with Gasteiger partial charge in [0.2, 0.25) is 0 Å². The molecule has 0 spiro atoms. The molecular weight excluding hydrogens is 216 g/mol. The Bertz CT molecular complexity index is 159. The first-order valence-corrected chi connectivity index (χ1v) is 6.62. The average Bonchev–Trinajstić information content (AvgIpc) is 2.35. The molecule has 0 saturated carbocycles. The van der Waals surface area contributed by atoms with Gasteiger partial charge in [-0.3, -0.25) is 4.90 Å². The summed E-state index contributed by atoms with van der Waals surface area (Å²) in [6.07, 6.45) is 1.17. The van der Waals surface area contributed by atoms with Crippen LogP contribution in [0.15, 0.2) is 0 Å². The monoisotopic (exact) mass is 246 g/mol. The molecule has 4 nitrogen and oxygen atoms in total. The van der Waals surface area contributed by atoms with Gasteiger partial charge in [0.15, 0.2) is 0 Å². The molecule has 0 rings (SSSR count). The fourth-order valence-electron chi connectivity index (χ4n) is 1.79. The summed E-state index contributed by atoms with van der Waals surface area (Å²) in [6, 6.07) is 0.982. The maximum absolute atomic E-state index is 5.16. The van der Waals surface area contributed by atoms with Gasteiger partial charge in [0.05, 0.1) is 13.2 Å². The molecule has 1 N–H and O–H groups in total. The summed E-state index contributed by atoms with van der Waals surface area (Å²) in [6.45, 7) is 11.2. The number of hydrogen-bond donors (Lipinski definition) is 1. The van der Waals surface area contributed by atoms with Crippen LogP contribution >= 0.6 is 0 Å². The van der Waals surface area contributed by atoms with Crippen molar-refractivity contribution in [3.63, 3.8) is 0 Å². The molecule has 0 saturated heterocycles. The van der Waals surface area contributed by atoms with Crippen LogP contribution in [-0.2, 0) is 9.47 Å². The minimum absolute atomic E-state index is 0.490. The highest BCUT2D eigenvalue weighted by atomic mass is 16.5. The normalized spacial score (nSPS) is 15.2. The van der Waals surface area contributed by atoms with Crippen LogP contribution in [-0.4, -0.2) is 64.1 Å². The van der Waals surface area contributed by atoms with Crippen LogP contribution < -0.4 is 5.32 Å². The van der Waals surface area contributed by atoms with Crippen molar-refractivity contribution < 1.29 is 9.47 Å². The Hall–Kier alpha value is -0.160. The van der Waals surface area contributed by atoms with E-state index < -0.39 is 0 Å². The number of methoxy groups -OCH3 is 2. The van der Waals surface area contributed by atoms with Crippen LogP contribution in [0.3, 0.4) is 0 Å². The molecule has 0 aliphatic carbocycles. The van der Waals surface area contributed by atoms with Gasteiger partial charge >= 0.3 is 0 Å². The van der Waals surface area contributed by atoms with E-state index in [9.17, 15) is 0 Å². The first-order chi connectivity index (χ1) is 8.17. The standard InChI is InChI=1S/C13H30N2O2/c1-6-7-14-12(2)13(3)15(8-10-16-4)9-11-17-5/h12-14H,6-11H2,1-5H3. The Balaban J connectivity index is 4.12. The summed E-state index contributed by atoms with van der Waals surface area (Å²) < 4.78 is 10.3. The predicted molar refractivity (Wildman–Crippen MR) is 72.5 cm³/mol. The summed E-state index contributed by atoms with van der Waals surface area (Å²) in [7, 11) is 3.50. The van der Waals surface area contributed by atoms with E-state index in [0.717, 1.165) is 32.8 Å². The molecule has 2 atom stereocenters. The minimum atomic E-state index is 0.490. The van der Waals surface area contributed by atoms with Gasteiger partial charge in [0.1, 0.15) is 0 Å². The molecule has 0 aromatic heterocycles. The molecule has 0 radical (unpaired) electrons. The second-order valence-electron chi connectivity index (χ2n) is 4.50. The highest BCUT2D eigenvalue weighted by Crippen LogP contribution is 2.04. The Labute approximate surface area is 107 Å². The molecule has 0 amide bonds. The predicted octanol–water partition coefficient (Wildman–Crippen LogP) is 1.36. The van der Waals surface area contributed by atoms with E-state index in [1.807, 2.05) is 0 Å². The zero-order chi connectivity index (χ0) is 13.1. The summed E-state index contributed by atoms with van der Waals surface area (Å²) >= 11 is 0. The SMILES string of the molecule is CCCNC(C)C(C)N(CCOC)CCOC. The average molecular weight is 246 g/mol. The number of nitrogens with one attached hydrogen (secondary N) is 1. The Morgan fingerprint density at radius 2 is 1.59 bits per heavy atom. The van der Waals surface area contributed by atoms with Crippen LogP contribution in [0.5, 0.6) is 0 Å². The van der Waals surface area contributed by atoms with Crippen LogP contribution in [0.4, 0.5) is 0 Å². The highest BCUT2D eigenvalue weighted by Gasteiger charge is 2.18. The largest absolute Gasteiger partial charge is 0.383 e. The lowest BCUT2D eigenvalue weighted by Crippen LogP contribution is -2.49. The lowest BCUT2D eigenvalue weighted by atomic mass is 10.1. The summed E-state index contributed by atoms with van der Waals surface area (Å²) in [5.41, 5.74) is 0. The second kappa shape index (κ2) is 11.0. The lowest BCUT2D eigenvalue weighted by molar-refractivity contribution is 0.0816. The van der Waals surface area contributed by atoms with Crippen molar-refractivity contribution in [1.82, 2.24) is 10.2 Å². The quantitative estimate of drug-likeness (QED) is 0.597. The zero-order valence-electron chi connectivity index (χ0n) is 12.2. The van der Waals surface area contributed by atoms with E-state index >= 15 is 0 Å². The summed E-state index contributed by atoms with van der Waals surface area (Å²) in [4.78, 5) is 2.42. The van der Waals surface area contributed by atoms with Crippen molar-refractivity contribution in [2.75, 3.05) is 47.1 Å². The lowest BCUT2D eigenvalue weighted by Gasteiger charge is -2.33. The zero-order valence-corrected chi connectivity index (χ0v) is 12.2. The van der Waals surface area contributed by atoms with Crippen molar-refractivity contribution in [2.24, 2.45) is 0 Å². The molecule has 0 heterocycles. The van der Waals surface area contributed by atoms with Gasteiger partial charge in [-0.2, -0.15) is 0 Å². The smallest absolute Gasteiger partial charge is 0.0589 e. The molecule has 0 aromatic rings. The first-order valence-electron chi connectivity index (χ1n) is 6.62. The third-order valence-corrected chi connectivity index (χ3v) is 3.18. The van der Waals surface area contributed by atoms with Crippen molar-refractivity contribution in [3.05, 3.63) is 0 Å². The first kappa shape index (κ1) is 16.8. The van der Waals surface area contributed by atoms with Gasteiger partial charge in [-0.05, 0) is 26.8 Å². The minimum Gasteiger partial charge on any atom is -0.383 e. The van der Waals surface area contributed by atoms with Gasteiger partial charge in [0.25, 0.3) is 0 Å². The third-order valence-electron chi connectivity index (χ3n) is 3.18. The maximum atomic E-state index is 5.16. The van der Waals surface area contributed by atoms with Gasteiger partial charge in [-0.25, -0.2) is 0 Å². The van der Waals surface area contributed by atoms with Crippen LogP contribution in [0, 0.1) is 0 Å². The van der Waals surface area contributed by atoms with E-state index in [1.165, 1.54) is 6.42 Å². The topological polar surface area (TPSA) is 33.7 Å². The van der Waals surface area contributed by atoms with Crippen molar-refractivity contribution in [2.45, 2.75) is 39.3 Å². The number of rotatable bonds is 11. The second-order valence-corrected chi connectivity index (χ2v) is 4.50. The van der Waals surface area contributed by atoms with E-state index in [2.05, 4.69) is 31.0 Å². The third kappa shape index (κ3) is 7.71. The summed E-state index contributed by atoms with van der Waals surface area (Å²) in [5.74, 6) is 0. The Morgan fingerprint density at radius 3 is 2.00 bits per heavy atom. The highest BCUT2D eigenvalue weighted by molar-refractivity contribution is 4.77. The Morgan fingerprint density at radius 1 is 1.06 bits per heavy atom. The molecular formula is C13H30N2O2. The molecule has 0 aliphatic heterocycles. The number of hydrogen-bond acceptors (Lipinski definition) is 4. The maximum Gasteiger partial charge on any atom is 0.0589 e. The number of ether oxygens (including phenoxy) is 2. The van der Waals surface area contributed by atoms with Gasteiger partial charge < -0.3 is 14.8 Å². The Kier molecular flexibility index (Phi) is 10.9. The molecule has 0 aliphatic rings. The molecule has 17 heavy (non-hydrogen) atoms. The van der Waals surface area contributed by atoms with Crippen LogP contribution in [0.25, 0.3) is 0 Å². The van der Waals surface area contributed by atoms with Crippen molar-refractivity contribution in [1.29, 1.82) is 0 Å². The van der Waals surface area contributed by atoms with E-state index in [4.69, 9.17) is 9.47 Å². The van der Waals surface area contributed by atoms with Crippen LogP contribution in [0.1, 0.15) is 27.2 Å². The van der Waals surface area contributed by atoms with E-state index in [0.29, 0.717) is 12.1 Å². The van der Waals surface area contributed by atoms with Gasteiger partial charge in [-0.15, -0.1) is 0 Å². The summed E-state index contributed by atoms with van der Waals surface area (Å²) in [5, 5.41) is 3.54.